The molecule has 0 aliphatic heterocycles. The molecule has 0 saturated heterocycles. The normalized spacial score (nSPS) is 15.9. The number of carbonyl (C=O) groups excluding carboxylic acids is 2. The Labute approximate surface area is 114 Å². The van der Waals surface area contributed by atoms with Crippen molar-refractivity contribution in [2.24, 2.45) is 11.8 Å². The number of hydroxylamine groups is 2. The maximum atomic E-state index is 12.0. The van der Waals surface area contributed by atoms with Gasteiger partial charge in [0.25, 0.3) is 0 Å². The van der Waals surface area contributed by atoms with E-state index in [2.05, 4.69) is 17.8 Å². The van der Waals surface area contributed by atoms with Crippen LogP contribution in [0.25, 0.3) is 0 Å². The zero-order valence-electron chi connectivity index (χ0n) is 11.6. The SMILES string of the molecule is CCCCC[C@H](CN(O)C=O)C(=O)NNCC1CC1. The molecule has 2 amide bonds. The Morgan fingerprint density at radius 2 is 2.21 bits per heavy atom. The number of nitrogens with one attached hydrogen (secondary N) is 2. The fourth-order valence-corrected chi connectivity index (χ4v) is 1.92. The standard InChI is InChI=1S/C13H25N3O3/c1-2-3-4-5-12(9-16(19)10-17)13(18)15-14-8-11-6-7-11/h10-12,14,19H,2-9H2,1H3,(H,15,18)/t12-/m1/s1. The van der Waals surface area contributed by atoms with Crippen LogP contribution in [0.1, 0.15) is 45.4 Å². The Morgan fingerprint density at radius 1 is 1.47 bits per heavy atom. The van der Waals surface area contributed by atoms with Gasteiger partial charge in [-0.25, -0.2) is 10.5 Å². The molecule has 1 fully saturated rings. The van der Waals surface area contributed by atoms with E-state index in [1.807, 2.05) is 0 Å². The summed E-state index contributed by atoms with van der Waals surface area (Å²) in [4.78, 5) is 22.4. The molecule has 0 heterocycles. The molecule has 3 N–H and O–H groups in total. The third-order valence-corrected chi connectivity index (χ3v) is 3.36. The number of amides is 2. The van der Waals surface area contributed by atoms with E-state index in [1.54, 1.807) is 0 Å². The third kappa shape index (κ3) is 7.12. The number of hydrazine groups is 1. The molecule has 1 aliphatic carbocycles. The van der Waals surface area contributed by atoms with Crippen LogP contribution in [-0.2, 0) is 9.59 Å². The van der Waals surface area contributed by atoms with Gasteiger partial charge < -0.3 is 0 Å². The number of unbranched alkanes of at least 4 members (excludes halogenated alkanes) is 2. The fourth-order valence-electron chi connectivity index (χ4n) is 1.92. The molecule has 0 spiro atoms. The van der Waals surface area contributed by atoms with Crippen molar-refractivity contribution in [1.29, 1.82) is 0 Å². The molecule has 0 aromatic carbocycles. The summed E-state index contributed by atoms with van der Waals surface area (Å²) >= 11 is 0. The lowest BCUT2D eigenvalue weighted by Crippen LogP contribution is -2.45. The summed E-state index contributed by atoms with van der Waals surface area (Å²) in [6.45, 7) is 2.93. The summed E-state index contributed by atoms with van der Waals surface area (Å²) < 4.78 is 0. The quantitative estimate of drug-likeness (QED) is 0.227. The Bertz CT molecular complexity index is 282. The summed E-state index contributed by atoms with van der Waals surface area (Å²) in [5.74, 6) is 0.161. The van der Waals surface area contributed by atoms with E-state index in [1.165, 1.54) is 12.8 Å². The Morgan fingerprint density at radius 3 is 2.79 bits per heavy atom. The van der Waals surface area contributed by atoms with Crippen LogP contribution in [0.15, 0.2) is 0 Å². The average molecular weight is 271 g/mol. The van der Waals surface area contributed by atoms with E-state index < -0.39 is 0 Å². The second-order valence-corrected chi connectivity index (χ2v) is 5.23. The van der Waals surface area contributed by atoms with Gasteiger partial charge in [-0.3, -0.25) is 20.2 Å². The zero-order chi connectivity index (χ0) is 14.1. The van der Waals surface area contributed by atoms with Gasteiger partial charge in [-0.05, 0) is 25.2 Å². The van der Waals surface area contributed by atoms with Crippen LogP contribution < -0.4 is 10.9 Å². The topological polar surface area (TPSA) is 81.7 Å². The summed E-state index contributed by atoms with van der Waals surface area (Å²) in [5, 5.41) is 9.76. The van der Waals surface area contributed by atoms with Crippen LogP contribution in [0, 0.1) is 11.8 Å². The van der Waals surface area contributed by atoms with E-state index in [9.17, 15) is 14.8 Å². The van der Waals surface area contributed by atoms with Gasteiger partial charge >= 0.3 is 0 Å². The predicted octanol–water partition coefficient (Wildman–Crippen LogP) is 1.06. The van der Waals surface area contributed by atoms with Gasteiger partial charge in [0, 0.05) is 6.54 Å². The molecule has 0 unspecified atom stereocenters. The van der Waals surface area contributed by atoms with Crippen molar-refractivity contribution in [2.45, 2.75) is 45.4 Å². The smallest absolute Gasteiger partial charge is 0.239 e. The van der Waals surface area contributed by atoms with Crippen LogP contribution >= 0.6 is 0 Å². The monoisotopic (exact) mass is 271 g/mol. The maximum absolute atomic E-state index is 12.0. The van der Waals surface area contributed by atoms with E-state index in [-0.39, 0.29) is 18.4 Å². The number of rotatable bonds is 11. The lowest BCUT2D eigenvalue weighted by Gasteiger charge is -2.19. The van der Waals surface area contributed by atoms with Gasteiger partial charge in [0.05, 0.1) is 12.5 Å². The maximum Gasteiger partial charge on any atom is 0.239 e. The highest BCUT2D eigenvalue weighted by Crippen LogP contribution is 2.27. The molecule has 0 aromatic heterocycles. The van der Waals surface area contributed by atoms with Gasteiger partial charge in [0.15, 0.2) is 0 Å². The first kappa shape index (κ1) is 15.9. The summed E-state index contributed by atoms with van der Waals surface area (Å²) in [7, 11) is 0. The van der Waals surface area contributed by atoms with Crippen LogP contribution in [0.2, 0.25) is 0 Å². The summed E-state index contributed by atoms with van der Waals surface area (Å²) in [6, 6.07) is 0. The largest absolute Gasteiger partial charge is 0.291 e. The average Bonchev–Trinajstić information content (AvgIpc) is 3.21. The Kier molecular flexibility index (Phi) is 7.43. The second kappa shape index (κ2) is 8.87. The van der Waals surface area contributed by atoms with Crippen molar-refractivity contribution in [3.63, 3.8) is 0 Å². The fraction of sp³-hybridized carbons (Fsp3) is 0.846. The van der Waals surface area contributed by atoms with E-state index in [4.69, 9.17) is 0 Å². The first-order valence-electron chi connectivity index (χ1n) is 7.10. The van der Waals surface area contributed by atoms with Crippen LogP contribution in [0.3, 0.4) is 0 Å². The highest BCUT2D eigenvalue weighted by atomic mass is 16.5. The lowest BCUT2D eigenvalue weighted by atomic mass is 10.0. The molecule has 0 radical (unpaired) electrons. The van der Waals surface area contributed by atoms with E-state index in [0.29, 0.717) is 23.8 Å². The molecule has 6 nitrogen and oxygen atoms in total. The number of hydrogen-bond donors (Lipinski definition) is 3. The van der Waals surface area contributed by atoms with Gasteiger partial charge in [0.2, 0.25) is 12.3 Å². The molecule has 0 aromatic rings. The van der Waals surface area contributed by atoms with Crippen LogP contribution in [0.5, 0.6) is 0 Å². The number of nitrogens with zero attached hydrogens (tertiary/aromatic N) is 1. The van der Waals surface area contributed by atoms with Crippen molar-refractivity contribution in [2.75, 3.05) is 13.1 Å². The summed E-state index contributed by atoms with van der Waals surface area (Å²) in [6.07, 6.45) is 6.49. The molecule has 6 heteroatoms. The van der Waals surface area contributed by atoms with Crippen molar-refractivity contribution >= 4 is 12.3 Å². The molecule has 1 rings (SSSR count). The first-order valence-corrected chi connectivity index (χ1v) is 7.10. The van der Waals surface area contributed by atoms with Gasteiger partial charge in [-0.15, -0.1) is 0 Å². The molecule has 0 bridgehead atoms. The van der Waals surface area contributed by atoms with E-state index in [0.717, 1.165) is 25.8 Å². The minimum Gasteiger partial charge on any atom is -0.291 e. The van der Waals surface area contributed by atoms with Gasteiger partial charge in [-0.1, -0.05) is 26.2 Å². The molecular formula is C13H25N3O3. The molecule has 1 atom stereocenters. The molecular weight excluding hydrogens is 246 g/mol. The summed E-state index contributed by atoms with van der Waals surface area (Å²) in [5.41, 5.74) is 5.59. The minimum atomic E-state index is -0.367. The molecule has 1 aliphatic rings. The van der Waals surface area contributed by atoms with Crippen LogP contribution in [-0.4, -0.2) is 35.7 Å². The Balaban J connectivity index is 2.30. The van der Waals surface area contributed by atoms with E-state index >= 15 is 0 Å². The van der Waals surface area contributed by atoms with Crippen molar-refractivity contribution in [3.05, 3.63) is 0 Å². The minimum absolute atomic E-state index is 0.0458. The zero-order valence-corrected chi connectivity index (χ0v) is 11.6. The molecule has 19 heavy (non-hydrogen) atoms. The highest BCUT2D eigenvalue weighted by Gasteiger charge is 2.23. The number of carbonyl (C=O) groups is 2. The first-order chi connectivity index (χ1) is 9.17. The van der Waals surface area contributed by atoms with Crippen molar-refractivity contribution < 1.29 is 14.8 Å². The second-order valence-electron chi connectivity index (χ2n) is 5.23. The van der Waals surface area contributed by atoms with Gasteiger partial charge in [0.1, 0.15) is 0 Å². The molecule has 110 valence electrons. The van der Waals surface area contributed by atoms with Gasteiger partial charge in [-0.2, -0.15) is 0 Å². The van der Waals surface area contributed by atoms with Crippen molar-refractivity contribution in [1.82, 2.24) is 15.9 Å². The molecule has 1 saturated carbocycles. The van der Waals surface area contributed by atoms with Crippen molar-refractivity contribution in [3.8, 4) is 0 Å². The lowest BCUT2D eigenvalue weighted by molar-refractivity contribution is -0.154. The number of hydrogen-bond acceptors (Lipinski definition) is 4. The predicted molar refractivity (Wildman–Crippen MR) is 71.1 cm³/mol. The highest BCUT2D eigenvalue weighted by molar-refractivity contribution is 5.78. The third-order valence-electron chi connectivity index (χ3n) is 3.36. The van der Waals surface area contributed by atoms with Crippen LogP contribution in [0.4, 0.5) is 0 Å². The Hall–Kier alpha value is -1.14.